The van der Waals surface area contributed by atoms with Gasteiger partial charge in [0.15, 0.2) is 5.78 Å². The van der Waals surface area contributed by atoms with Crippen LogP contribution in [0.4, 0.5) is 10.1 Å². The number of carbonyl (C=O) groups excluding carboxylic acids is 2. The molecule has 2 rings (SSSR count). The highest BCUT2D eigenvalue weighted by Crippen LogP contribution is 2.26. The van der Waals surface area contributed by atoms with Gasteiger partial charge >= 0.3 is 5.97 Å². The number of esters is 1. The van der Waals surface area contributed by atoms with E-state index in [1.54, 1.807) is 6.92 Å². The van der Waals surface area contributed by atoms with Gasteiger partial charge in [-0.05, 0) is 24.6 Å². The number of non-ortho nitro benzene ring substituents is 1. The molecule has 0 amide bonds. The maximum Gasteiger partial charge on any atom is 0.321 e. The zero-order chi connectivity index (χ0) is 17.7. The van der Waals surface area contributed by atoms with Gasteiger partial charge in [-0.25, -0.2) is 4.39 Å². The molecule has 0 fully saturated rings. The number of benzene rings is 2. The van der Waals surface area contributed by atoms with Crippen LogP contribution in [0.25, 0.3) is 0 Å². The van der Waals surface area contributed by atoms with Crippen molar-refractivity contribution < 1.29 is 23.6 Å². The van der Waals surface area contributed by atoms with Crippen molar-refractivity contribution in [1.29, 1.82) is 0 Å². The third-order valence-electron chi connectivity index (χ3n) is 3.36. The van der Waals surface area contributed by atoms with E-state index in [4.69, 9.17) is 4.74 Å². The molecular weight excluding hydrogens is 317 g/mol. The van der Waals surface area contributed by atoms with Gasteiger partial charge in [0.1, 0.15) is 11.7 Å². The first-order chi connectivity index (χ1) is 11.5. The van der Waals surface area contributed by atoms with E-state index in [2.05, 4.69) is 0 Å². The van der Waals surface area contributed by atoms with Crippen LogP contribution in [0.5, 0.6) is 0 Å². The molecule has 0 saturated carbocycles. The van der Waals surface area contributed by atoms with Crippen molar-refractivity contribution in [3.8, 4) is 0 Å². The number of rotatable bonds is 6. The molecule has 0 N–H and O–H groups in total. The number of nitrogens with zero attached hydrogens (tertiary/aromatic N) is 1. The number of hydrogen-bond acceptors (Lipinski definition) is 5. The quantitative estimate of drug-likeness (QED) is 0.267. The van der Waals surface area contributed by atoms with Crippen LogP contribution in [-0.2, 0) is 9.53 Å². The van der Waals surface area contributed by atoms with Crippen molar-refractivity contribution in [3.05, 3.63) is 75.6 Å². The Morgan fingerprint density at radius 2 is 1.79 bits per heavy atom. The molecule has 0 aromatic heterocycles. The lowest BCUT2D eigenvalue weighted by molar-refractivity contribution is -0.384. The van der Waals surface area contributed by atoms with Crippen molar-refractivity contribution in [3.63, 3.8) is 0 Å². The normalized spacial score (nSPS) is 11.6. The first kappa shape index (κ1) is 17.3. The Morgan fingerprint density at radius 1 is 1.17 bits per heavy atom. The number of ketones is 1. The average molecular weight is 331 g/mol. The molecule has 2 aromatic carbocycles. The van der Waals surface area contributed by atoms with Crippen LogP contribution in [0, 0.1) is 15.9 Å². The van der Waals surface area contributed by atoms with Gasteiger partial charge in [-0.15, -0.1) is 0 Å². The standard InChI is InChI=1S/C17H14FNO5/c1-2-24-17(21)15(11-7-9-12(10-8-11)19(22)23)16(20)13-5-3-4-6-14(13)18/h3-10,15H,2H2,1H3. The summed E-state index contributed by atoms with van der Waals surface area (Å²) in [6, 6.07) is 10.2. The predicted octanol–water partition coefficient (Wildman–Crippen LogP) is 3.26. The lowest BCUT2D eigenvalue weighted by atomic mass is 9.90. The SMILES string of the molecule is CCOC(=O)C(C(=O)c1ccccc1F)c1ccc([N+](=O)[O-])cc1. The average Bonchev–Trinajstić information content (AvgIpc) is 2.56. The van der Waals surface area contributed by atoms with Crippen molar-refractivity contribution in [2.24, 2.45) is 0 Å². The Bertz CT molecular complexity index is 773. The molecule has 0 aliphatic heterocycles. The minimum Gasteiger partial charge on any atom is -0.465 e. The van der Waals surface area contributed by atoms with Gasteiger partial charge in [0.05, 0.1) is 17.1 Å². The third kappa shape index (κ3) is 3.62. The van der Waals surface area contributed by atoms with Crippen LogP contribution in [-0.4, -0.2) is 23.3 Å². The Balaban J connectivity index is 2.45. The van der Waals surface area contributed by atoms with Crippen LogP contribution in [0.15, 0.2) is 48.5 Å². The Morgan fingerprint density at radius 3 is 2.33 bits per heavy atom. The molecule has 2 aromatic rings. The molecule has 0 bridgehead atoms. The van der Waals surface area contributed by atoms with E-state index in [0.29, 0.717) is 0 Å². The van der Waals surface area contributed by atoms with E-state index in [0.717, 1.165) is 6.07 Å². The second-order valence-electron chi connectivity index (χ2n) is 4.88. The van der Waals surface area contributed by atoms with Gasteiger partial charge in [-0.3, -0.25) is 19.7 Å². The Hall–Kier alpha value is -3.09. The van der Waals surface area contributed by atoms with Gasteiger partial charge in [-0.2, -0.15) is 0 Å². The molecule has 24 heavy (non-hydrogen) atoms. The second kappa shape index (κ2) is 7.45. The molecule has 0 saturated heterocycles. The summed E-state index contributed by atoms with van der Waals surface area (Å²) >= 11 is 0. The summed E-state index contributed by atoms with van der Waals surface area (Å²) in [4.78, 5) is 34.9. The van der Waals surface area contributed by atoms with E-state index in [1.165, 1.54) is 42.5 Å². The molecule has 7 heteroatoms. The van der Waals surface area contributed by atoms with Gasteiger partial charge < -0.3 is 4.74 Å². The van der Waals surface area contributed by atoms with Crippen molar-refractivity contribution in [1.82, 2.24) is 0 Å². The molecule has 0 heterocycles. The van der Waals surface area contributed by atoms with E-state index >= 15 is 0 Å². The van der Waals surface area contributed by atoms with Gasteiger partial charge in [0.25, 0.3) is 5.69 Å². The van der Waals surface area contributed by atoms with Crippen molar-refractivity contribution in [2.45, 2.75) is 12.8 Å². The van der Waals surface area contributed by atoms with Gasteiger partial charge in [0.2, 0.25) is 0 Å². The molecule has 124 valence electrons. The lowest BCUT2D eigenvalue weighted by Crippen LogP contribution is -2.25. The fourth-order valence-corrected chi connectivity index (χ4v) is 2.23. The molecule has 1 unspecified atom stereocenters. The maximum atomic E-state index is 13.9. The zero-order valence-corrected chi connectivity index (χ0v) is 12.8. The van der Waals surface area contributed by atoms with Crippen LogP contribution in [0.2, 0.25) is 0 Å². The molecule has 6 nitrogen and oxygen atoms in total. The monoisotopic (exact) mass is 331 g/mol. The fourth-order valence-electron chi connectivity index (χ4n) is 2.23. The number of Topliss-reactive ketones (excluding diaryl/α,β-unsaturated/α-hetero) is 1. The molecule has 0 aliphatic carbocycles. The molecule has 0 radical (unpaired) electrons. The number of nitro benzene ring substituents is 1. The Kier molecular flexibility index (Phi) is 5.36. The topological polar surface area (TPSA) is 86.5 Å². The smallest absolute Gasteiger partial charge is 0.321 e. The molecular formula is C17H14FNO5. The van der Waals surface area contributed by atoms with Crippen LogP contribution < -0.4 is 0 Å². The van der Waals surface area contributed by atoms with Crippen molar-refractivity contribution >= 4 is 17.4 Å². The summed E-state index contributed by atoms with van der Waals surface area (Å²) in [5.41, 5.74) is -0.221. The van der Waals surface area contributed by atoms with E-state index in [-0.39, 0.29) is 23.4 Å². The summed E-state index contributed by atoms with van der Waals surface area (Å²) in [5.74, 6) is -3.73. The number of hydrogen-bond donors (Lipinski definition) is 0. The van der Waals surface area contributed by atoms with Crippen molar-refractivity contribution in [2.75, 3.05) is 6.61 Å². The molecule has 1 atom stereocenters. The summed E-state index contributed by atoms with van der Waals surface area (Å²) in [5, 5.41) is 10.7. The van der Waals surface area contributed by atoms with E-state index in [1.807, 2.05) is 0 Å². The first-order valence-electron chi connectivity index (χ1n) is 7.15. The lowest BCUT2D eigenvalue weighted by Gasteiger charge is -2.15. The predicted molar refractivity (Wildman–Crippen MR) is 83.2 cm³/mol. The molecule has 0 aliphatic rings. The van der Waals surface area contributed by atoms with Crippen LogP contribution >= 0.6 is 0 Å². The zero-order valence-electron chi connectivity index (χ0n) is 12.8. The fraction of sp³-hybridized carbons (Fsp3) is 0.176. The largest absolute Gasteiger partial charge is 0.465 e. The number of nitro groups is 1. The summed E-state index contributed by atoms with van der Waals surface area (Å²) in [7, 11) is 0. The summed E-state index contributed by atoms with van der Waals surface area (Å²) in [6.07, 6.45) is 0. The van der Waals surface area contributed by atoms with Gasteiger partial charge in [0, 0.05) is 12.1 Å². The van der Waals surface area contributed by atoms with E-state index in [9.17, 15) is 24.1 Å². The van der Waals surface area contributed by atoms with Gasteiger partial charge in [-0.1, -0.05) is 24.3 Å². The van der Waals surface area contributed by atoms with Crippen LogP contribution in [0.3, 0.4) is 0 Å². The number of carbonyl (C=O) groups is 2. The van der Waals surface area contributed by atoms with Crippen LogP contribution in [0.1, 0.15) is 28.8 Å². The maximum absolute atomic E-state index is 13.9. The second-order valence-corrected chi connectivity index (χ2v) is 4.88. The highest BCUT2D eigenvalue weighted by molar-refractivity contribution is 6.13. The molecule has 0 spiro atoms. The minimum absolute atomic E-state index is 0.0485. The summed E-state index contributed by atoms with van der Waals surface area (Å²) in [6.45, 7) is 1.63. The number of ether oxygens (including phenoxy) is 1. The van der Waals surface area contributed by atoms with E-state index < -0.39 is 28.4 Å². The minimum atomic E-state index is -1.39. The summed E-state index contributed by atoms with van der Waals surface area (Å²) < 4.78 is 18.8. The number of halogens is 1. The first-order valence-corrected chi connectivity index (χ1v) is 7.15. The highest BCUT2D eigenvalue weighted by Gasteiger charge is 2.32. The highest BCUT2D eigenvalue weighted by atomic mass is 19.1. The Labute approximate surface area is 137 Å². The third-order valence-corrected chi connectivity index (χ3v) is 3.36.